The van der Waals surface area contributed by atoms with E-state index in [1.807, 2.05) is 12.1 Å². The average molecular weight is 431 g/mol. The van der Waals surface area contributed by atoms with Crippen molar-refractivity contribution in [3.8, 4) is 0 Å². The molecule has 32 heavy (non-hydrogen) atoms. The van der Waals surface area contributed by atoms with Gasteiger partial charge in [-0.3, -0.25) is 19.2 Å². The normalized spacial score (nSPS) is 14.2. The Labute approximate surface area is 187 Å². The molecule has 0 atom stereocenters. The largest absolute Gasteiger partial charge is 0.493 e. The molecule has 0 saturated heterocycles. The van der Waals surface area contributed by atoms with Crippen LogP contribution in [-0.4, -0.2) is 29.7 Å². The van der Waals surface area contributed by atoms with E-state index >= 15 is 0 Å². The minimum Gasteiger partial charge on any atom is -0.493 e. The first-order valence-corrected chi connectivity index (χ1v) is 10.9. The van der Waals surface area contributed by atoms with E-state index < -0.39 is 11.6 Å². The van der Waals surface area contributed by atoms with Crippen LogP contribution in [0.25, 0.3) is 5.76 Å². The highest BCUT2D eigenvalue weighted by Gasteiger charge is 2.26. The predicted octanol–water partition coefficient (Wildman–Crippen LogP) is 5.40. The van der Waals surface area contributed by atoms with Crippen LogP contribution >= 0.6 is 0 Å². The van der Waals surface area contributed by atoms with Gasteiger partial charge in [-0.05, 0) is 18.6 Å². The maximum atomic E-state index is 11.8. The van der Waals surface area contributed by atoms with Crippen molar-refractivity contribution in [2.75, 3.05) is 6.61 Å². The number of benzene rings is 2. The van der Waals surface area contributed by atoms with E-state index in [9.17, 15) is 19.2 Å². The van der Waals surface area contributed by atoms with Gasteiger partial charge >= 0.3 is 0 Å². The quantitative estimate of drug-likeness (QED) is 0.434. The molecule has 0 fully saturated rings. The minimum absolute atomic E-state index is 0.0924. The van der Waals surface area contributed by atoms with Crippen LogP contribution < -0.4 is 0 Å². The number of Topliss-reactive ketones (excluding diaryl/α,β-unsaturated/α-hetero) is 1. The second kappa shape index (κ2) is 11.1. The zero-order chi connectivity index (χ0) is 22.9. The van der Waals surface area contributed by atoms with Crippen LogP contribution in [0.4, 0.5) is 0 Å². The topological polar surface area (TPSA) is 77.5 Å². The molecule has 0 saturated carbocycles. The summed E-state index contributed by atoms with van der Waals surface area (Å²) in [7, 11) is 0. The van der Waals surface area contributed by atoms with Gasteiger partial charge in [-0.2, -0.15) is 0 Å². The maximum absolute atomic E-state index is 11.8. The Morgan fingerprint density at radius 3 is 1.75 bits per heavy atom. The number of carbonyl (C=O) groups is 4. The number of fused-ring (bicyclic) bond motifs is 2. The van der Waals surface area contributed by atoms with E-state index in [1.54, 1.807) is 36.4 Å². The van der Waals surface area contributed by atoms with Crippen LogP contribution in [0.5, 0.6) is 0 Å². The number of unbranched alkanes of at least 4 members (excludes halogenated alkanes) is 4. The lowest BCUT2D eigenvalue weighted by atomic mass is 9.94. The van der Waals surface area contributed by atoms with E-state index in [0.717, 1.165) is 18.4 Å². The number of rotatable bonds is 7. The summed E-state index contributed by atoms with van der Waals surface area (Å²) in [5.41, 5.74) is 2.18. The van der Waals surface area contributed by atoms with Crippen molar-refractivity contribution < 1.29 is 23.9 Å². The number of allylic oxidation sites excluding steroid dienone is 3. The van der Waals surface area contributed by atoms with Gasteiger partial charge in [0.1, 0.15) is 5.76 Å². The molecule has 0 aliphatic heterocycles. The second-order valence-electron chi connectivity index (χ2n) is 7.62. The molecular weight excluding hydrogens is 404 g/mol. The second-order valence-corrected chi connectivity index (χ2v) is 7.62. The molecule has 2 aromatic carbocycles. The number of carbonyl (C=O) groups excluding carboxylic acids is 4. The highest BCUT2D eigenvalue weighted by molar-refractivity contribution is 6.50. The lowest BCUT2D eigenvalue weighted by Gasteiger charge is -2.16. The molecule has 0 radical (unpaired) electrons. The van der Waals surface area contributed by atoms with Gasteiger partial charge < -0.3 is 4.74 Å². The van der Waals surface area contributed by atoms with Gasteiger partial charge in [0.2, 0.25) is 11.6 Å². The Morgan fingerprint density at radius 2 is 1.16 bits per heavy atom. The van der Waals surface area contributed by atoms with Crippen molar-refractivity contribution in [3.63, 3.8) is 0 Å². The van der Waals surface area contributed by atoms with E-state index in [-0.39, 0.29) is 11.6 Å². The van der Waals surface area contributed by atoms with Gasteiger partial charge in [-0.15, -0.1) is 0 Å². The first-order chi connectivity index (χ1) is 15.5. The zero-order valence-corrected chi connectivity index (χ0v) is 18.1. The summed E-state index contributed by atoms with van der Waals surface area (Å²) in [5, 5.41) is 0. The Morgan fingerprint density at radius 1 is 0.625 bits per heavy atom. The van der Waals surface area contributed by atoms with Crippen LogP contribution in [0.1, 0.15) is 75.7 Å². The number of hydrogen-bond donors (Lipinski definition) is 0. The summed E-state index contributed by atoms with van der Waals surface area (Å²) < 4.78 is 5.70. The van der Waals surface area contributed by atoms with E-state index in [1.165, 1.54) is 37.5 Å². The van der Waals surface area contributed by atoms with E-state index in [2.05, 4.69) is 6.92 Å². The lowest BCUT2D eigenvalue weighted by Crippen LogP contribution is -2.19. The monoisotopic (exact) mass is 430 g/mol. The van der Waals surface area contributed by atoms with Gasteiger partial charge in [0.25, 0.3) is 0 Å². The third-order valence-corrected chi connectivity index (χ3v) is 5.27. The molecule has 0 amide bonds. The number of ether oxygens (including phenoxy) is 1. The van der Waals surface area contributed by atoms with Gasteiger partial charge in [0.05, 0.1) is 6.61 Å². The molecule has 5 nitrogen and oxygen atoms in total. The highest BCUT2D eigenvalue weighted by Crippen LogP contribution is 2.26. The van der Waals surface area contributed by atoms with Gasteiger partial charge in [-0.1, -0.05) is 81.1 Å². The molecule has 0 aromatic heterocycles. The average Bonchev–Trinajstić information content (AvgIpc) is 2.82. The summed E-state index contributed by atoms with van der Waals surface area (Å²) in [6.07, 6.45) is 9.73. The van der Waals surface area contributed by atoms with Crippen LogP contribution in [0, 0.1) is 0 Å². The first kappa shape index (κ1) is 23.1. The number of ketones is 4. The van der Waals surface area contributed by atoms with Crippen molar-refractivity contribution in [2.24, 2.45) is 0 Å². The Balaban J connectivity index is 0.000000204. The van der Waals surface area contributed by atoms with Crippen molar-refractivity contribution in [2.45, 2.75) is 39.0 Å². The smallest absolute Gasteiger partial charge is 0.233 e. The van der Waals surface area contributed by atoms with Gasteiger partial charge in [-0.25, -0.2) is 0 Å². The van der Waals surface area contributed by atoms with Crippen LogP contribution in [0.2, 0.25) is 0 Å². The fourth-order valence-corrected chi connectivity index (χ4v) is 3.54. The number of hydrogen-bond acceptors (Lipinski definition) is 5. The van der Waals surface area contributed by atoms with E-state index in [4.69, 9.17) is 4.74 Å². The van der Waals surface area contributed by atoms with Gasteiger partial charge in [0, 0.05) is 28.3 Å². The van der Waals surface area contributed by atoms with Gasteiger partial charge in [0.15, 0.2) is 11.6 Å². The van der Waals surface area contributed by atoms with Crippen molar-refractivity contribution in [1.29, 1.82) is 0 Å². The molecule has 0 bridgehead atoms. The molecule has 5 heteroatoms. The van der Waals surface area contributed by atoms with Crippen LogP contribution in [0.3, 0.4) is 0 Å². The SMILES string of the molecule is CCCCCCCOC1=CC(=O)C(=O)c2ccccc21.O=C1C=CC(=O)c2ccccc21. The van der Waals surface area contributed by atoms with Crippen molar-refractivity contribution >= 4 is 28.9 Å². The standard InChI is InChI=1S/C17H20O3.C10H6O2/c1-2-3-4-5-8-11-20-16-12-15(18)17(19)14-10-7-6-9-13(14)16;11-9-5-6-10(12)8-4-2-1-3-7(8)9/h6-7,9-10,12H,2-5,8,11H2,1H3;1-6H. The third kappa shape index (κ3) is 5.55. The summed E-state index contributed by atoms with van der Waals surface area (Å²) in [4.78, 5) is 45.8. The van der Waals surface area contributed by atoms with Crippen LogP contribution in [-0.2, 0) is 9.53 Å². The predicted molar refractivity (Wildman–Crippen MR) is 123 cm³/mol. The van der Waals surface area contributed by atoms with E-state index in [0.29, 0.717) is 29.1 Å². The summed E-state index contributed by atoms with van der Waals surface area (Å²) in [5.74, 6) is -0.600. The Kier molecular flexibility index (Phi) is 8.03. The molecule has 4 rings (SSSR count). The van der Waals surface area contributed by atoms with Crippen LogP contribution in [0.15, 0.2) is 66.8 Å². The Bertz CT molecular complexity index is 1050. The fraction of sp³-hybridized carbons (Fsp3) is 0.259. The zero-order valence-electron chi connectivity index (χ0n) is 18.1. The molecule has 2 aliphatic carbocycles. The van der Waals surface area contributed by atoms with Crippen molar-refractivity contribution in [1.82, 2.24) is 0 Å². The molecule has 164 valence electrons. The molecule has 0 unspecified atom stereocenters. The summed E-state index contributed by atoms with van der Waals surface area (Å²) in [6, 6.07) is 13.9. The Hall–Kier alpha value is -3.60. The summed E-state index contributed by atoms with van der Waals surface area (Å²) in [6.45, 7) is 2.77. The van der Waals surface area contributed by atoms with Crippen molar-refractivity contribution in [3.05, 3.63) is 89.0 Å². The molecule has 2 aliphatic rings. The molecule has 2 aromatic rings. The molecule has 0 heterocycles. The summed E-state index contributed by atoms with van der Waals surface area (Å²) >= 11 is 0. The molecular formula is C27H26O5. The molecule has 0 spiro atoms. The highest BCUT2D eigenvalue weighted by atomic mass is 16.5. The maximum Gasteiger partial charge on any atom is 0.233 e. The minimum atomic E-state index is -0.496. The lowest BCUT2D eigenvalue weighted by molar-refractivity contribution is -0.111. The fourth-order valence-electron chi connectivity index (χ4n) is 3.54. The first-order valence-electron chi connectivity index (χ1n) is 10.9. The molecule has 0 N–H and O–H groups in total. The third-order valence-electron chi connectivity index (χ3n) is 5.27.